The van der Waals surface area contributed by atoms with Crippen molar-refractivity contribution in [2.75, 3.05) is 13.7 Å². The summed E-state index contributed by atoms with van der Waals surface area (Å²) in [5.41, 5.74) is 2.66. The molecule has 9 heteroatoms. The Kier molecular flexibility index (Phi) is 5.72. The lowest BCUT2D eigenvalue weighted by molar-refractivity contribution is 0.402. The van der Waals surface area contributed by atoms with Gasteiger partial charge in [0, 0.05) is 36.1 Å². The third kappa shape index (κ3) is 4.02. The maximum Gasteiger partial charge on any atom is 0.244 e. The van der Waals surface area contributed by atoms with Crippen LogP contribution in [-0.2, 0) is 16.6 Å². The highest BCUT2D eigenvalue weighted by Gasteiger charge is 2.20. The van der Waals surface area contributed by atoms with Gasteiger partial charge in [-0.3, -0.25) is 4.98 Å². The Hall–Kier alpha value is -2.94. The van der Waals surface area contributed by atoms with Gasteiger partial charge in [0.25, 0.3) is 0 Å². The van der Waals surface area contributed by atoms with E-state index in [0.29, 0.717) is 11.6 Å². The van der Waals surface area contributed by atoms with Gasteiger partial charge >= 0.3 is 0 Å². The zero-order chi connectivity index (χ0) is 21.1. The Morgan fingerprint density at radius 3 is 2.63 bits per heavy atom. The normalized spacial score (nSPS) is 11.7. The zero-order valence-corrected chi connectivity index (χ0v) is 17.7. The number of para-hydroxylation sites is 2. The maximum atomic E-state index is 12.8. The molecule has 0 aliphatic carbocycles. The summed E-state index contributed by atoms with van der Waals surface area (Å²) in [6, 6.07) is 16.0. The van der Waals surface area contributed by atoms with Crippen molar-refractivity contribution in [3.63, 3.8) is 0 Å². The molecule has 4 aromatic rings. The van der Waals surface area contributed by atoms with Gasteiger partial charge in [-0.1, -0.05) is 23.7 Å². The van der Waals surface area contributed by atoms with Gasteiger partial charge < -0.3 is 9.30 Å². The van der Waals surface area contributed by atoms with E-state index >= 15 is 0 Å². The number of hydrogen-bond acceptors (Lipinski definition) is 5. The molecular formula is C21H19ClN4O3S. The van der Waals surface area contributed by atoms with E-state index in [2.05, 4.69) is 9.71 Å². The number of methoxy groups -OCH3 is 1. The van der Waals surface area contributed by atoms with Crippen LogP contribution < -0.4 is 9.46 Å². The van der Waals surface area contributed by atoms with Crippen LogP contribution in [-0.4, -0.2) is 36.6 Å². The average Bonchev–Trinajstić information content (AvgIpc) is 3.13. The van der Waals surface area contributed by atoms with Gasteiger partial charge in [-0.25, -0.2) is 18.1 Å². The van der Waals surface area contributed by atoms with Gasteiger partial charge in [0.1, 0.15) is 16.5 Å². The number of rotatable bonds is 7. The molecule has 30 heavy (non-hydrogen) atoms. The van der Waals surface area contributed by atoms with Crippen molar-refractivity contribution < 1.29 is 13.2 Å². The summed E-state index contributed by atoms with van der Waals surface area (Å²) in [6.45, 7) is 0.552. The van der Waals surface area contributed by atoms with Crippen molar-refractivity contribution in [2.24, 2.45) is 0 Å². The van der Waals surface area contributed by atoms with Gasteiger partial charge in [-0.05, 0) is 42.5 Å². The van der Waals surface area contributed by atoms with Crippen LogP contribution in [0.1, 0.15) is 0 Å². The lowest BCUT2D eigenvalue weighted by Crippen LogP contribution is -2.28. The molecule has 0 aliphatic rings. The first-order valence-corrected chi connectivity index (χ1v) is 11.0. The summed E-state index contributed by atoms with van der Waals surface area (Å²) in [5, 5.41) is 0.316. The number of hydrogen-bond donors (Lipinski definition) is 1. The maximum absolute atomic E-state index is 12.8. The molecule has 0 fully saturated rings. The van der Waals surface area contributed by atoms with Crippen molar-refractivity contribution in [3.8, 4) is 17.1 Å². The molecule has 154 valence electrons. The third-order valence-electron chi connectivity index (χ3n) is 4.64. The number of pyridine rings is 1. The van der Waals surface area contributed by atoms with Crippen LogP contribution in [0.4, 0.5) is 0 Å². The largest absolute Gasteiger partial charge is 0.495 e. The highest BCUT2D eigenvalue weighted by Crippen LogP contribution is 2.27. The van der Waals surface area contributed by atoms with Crippen molar-refractivity contribution in [3.05, 3.63) is 72.0 Å². The number of aromatic nitrogens is 3. The Balaban J connectivity index is 1.62. The van der Waals surface area contributed by atoms with Crippen molar-refractivity contribution in [2.45, 2.75) is 11.4 Å². The first kappa shape index (κ1) is 20.3. The monoisotopic (exact) mass is 442 g/mol. The van der Waals surface area contributed by atoms with Gasteiger partial charge in [0.2, 0.25) is 10.0 Å². The molecule has 2 aromatic heterocycles. The summed E-state index contributed by atoms with van der Waals surface area (Å²) >= 11 is 5.98. The van der Waals surface area contributed by atoms with E-state index in [1.807, 2.05) is 41.0 Å². The molecule has 0 aliphatic heterocycles. The molecule has 1 N–H and O–H groups in total. The van der Waals surface area contributed by atoms with Crippen LogP contribution in [0.25, 0.3) is 22.4 Å². The minimum atomic E-state index is -3.81. The van der Waals surface area contributed by atoms with Crippen molar-refractivity contribution in [1.82, 2.24) is 19.3 Å². The Bertz CT molecular complexity index is 1290. The summed E-state index contributed by atoms with van der Waals surface area (Å²) < 4.78 is 35.5. The Morgan fingerprint density at radius 1 is 1.10 bits per heavy atom. The van der Waals surface area contributed by atoms with Crippen LogP contribution in [0.5, 0.6) is 5.75 Å². The van der Waals surface area contributed by atoms with E-state index in [1.165, 1.54) is 19.2 Å². The predicted molar refractivity (Wildman–Crippen MR) is 116 cm³/mol. The predicted octanol–water partition coefficient (Wildman–Crippen LogP) is 3.74. The third-order valence-corrected chi connectivity index (χ3v) is 6.35. The fourth-order valence-corrected chi connectivity index (χ4v) is 4.70. The molecule has 0 radical (unpaired) electrons. The molecule has 0 saturated heterocycles. The van der Waals surface area contributed by atoms with Gasteiger partial charge in [-0.15, -0.1) is 0 Å². The molecule has 0 bridgehead atoms. The first-order valence-electron chi connectivity index (χ1n) is 9.18. The lowest BCUT2D eigenvalue weighted by Gasteiger charge is -2.13. The number of nitrogens with one attached hydrogen (secondary N) is 1. The quantitative estimate of drug-likeness (QED) is 0.471. The van der Waals surface area contributed by atoms with E-state index < -0.39 is 10.0 Å². The number of fused-ring (bicyclic) bond motifs is 1. The van der Waals surface area contributed by atoms with Crippen LogP contribution in [0, 0.1) is 0 Å². The van der Waals surface area contributed by atoms with E-state index in [1.54, 1.807) is 18.5 Å². The second-order valence-corrected chi connectivity index (χ2v) is 8.68. The lowest BCUT2D eigenvalue weighted by atomic mass is 10.2. The second-order valence-electron chi connectivity index (χ2n) is 6.50. The highest BCUT2D eigenvalue weighted by molar-refractivity contribution is 7.89. The second kappa shape index (κ2) is 8.43. The fraction of sp³-hybridized carbons (Fsp3) is 0.143. The van der Waals surface area contributed by atoms with Crippen molar-refractivity contribution >= 4 is 32.7 Å². The van der Waals surface area contributed by atoms with Crippen LogP contribution in [0.15, 0.2) is 71.9 Å². The minimum Gasteiger partial charge on any atom is -0.495 e. The number of benzene rings is 2. The number of ether oxygens (including phenoxy) is 1. The highest BCUT2D eigenvalue weighted by atomic mass is 35.5. The molecular weight excluding hydrogens is 424 g/mol. The molecule has 0 saturated carbocycles. The summed E-state index contributed by atoms with van der Waals surface area (Å²) in [4.78, 5) is 8.77. The van der Waals surface area contributed by atoms with Crippen LogP contribution >= 0.6 is 11.6 Å². The molecule has 0 atom stereocenters. The molecule has 0 spiro atoms. The summed E-state index contributed by atoms with van der Waals surface area (Å²) in [6.07, 6.45) is 3.40. The van der Waals surface area contributed by atoms with Gasteiger partial charge in [-0.2, -0.15) is 0 Å². The Labute approximate surface area is 179 Å². The van der Waals surface area contributed by atoms with Crippen molar-refractivity contribution in [1.29, 1.82) is 0 Å². The van der Waals surface area contributed by atoms with E-state index in [-0.39, 0.29) is 17.2 Å². The number of halogens is 1. The fourth-order valence-electron chi connectivity index (χ4n) is 3.25. The molecule has 0 amide bonds. The van der Waals surface area contributed by atoms with Gasteiger partial charge in [0.05, 0.1) is 18.1 Å². The van der Waals surface area contributed by atoms with Crippen LogP contribution in [0.3, 0.4) is 0 Å². The summed E-state index contributed by atoms with van der Waals surface area (Å²) in [7, 11) is -2.40. The van der Waals surface area contributed by atoms with E-state index in [0.717, 1.165) is 22.4 Å². The molecule has 2 aromatic carbocycles. The molecule has 4 rings (SSSR count). The van der Waals surface area contributed by atoms with Gasteiger partial charge in [0.15, 0.2) is 0 Å². The summed E-state index contributed by atoms with van der Waals surface area (Å²) in [5.74, 6) is 0.982. The first-order chi connectivity index (χ1) is 14.5. The van der Waals surface area contributed by atoms with Crippen LogP contribution in [0.2, 0.25) is 5.02 Å². The topological polar surface area (TPSA) is 86.1 Å². The molecule has 0 unspecified atom stereocenters. The standard InChI is InChI=1S/C21H19ClN4O3S/c1-29-19-7-6-16(22)14-20(19)30(27,28)24-12-13-26-18-5-3-2-4-17(18)25-21(26)15-8-10-23-11-9-15/h2-11,14,24H,12-13H2,1H3. The number of nitrogens with zero attached hydrogens (tertiary/aromatic N) is 3. The molecule has 7 nitrogen and oxygen atoms in total. The zero-order valence-electron chi connectivity index (χ0n) is 16.1. The number of sulfonamides is 1. The van der Waals surface area contributed by atoms with E-state index in [4.69, 9.17) is 21.3 Å². The minimum absolute atomic E-state index is 0.00217. The Morgan fingerprint density at radius 2 is 1.87 bits per heavy atom. The average molecular weight is 443 g/mol. The van der Waals surface area contributed by atoms with E-state index in [9.17, 15) is 8.42 Å². The smallest absolute Gasteiger partial charge is 0.244 e. The molecule has 2 heterocycles. The SMILES string of the molecule is COc1ccc(Cl)cc1S(=O)(=O)NCCn1c(-c2ccncc2)nc2ccccc21. The number of imidazole rings is 1.